The number of amides is 1. The van der Waals surface area contributed by atoms with E-state index < -0.39 is 12.0 Å². The Morgan fingerprint density at radius 2 is 1.74 bits per heavy atom. The van der Waals surface area contributed by atoms with Crippen molar-refractivity contribution in [1.29, 1.82) is 0 Å². The lowest BCUT2D eigenvalue weighted by molar-refractivity contribution is -0.139. The van der Waals surface area contributed by atoms with Gasteiger partial charge in [0.2, 0.25) is 11.8 Å². The molecule has 0 bridgehead atoms. The molecule has 5 rings (SSSR count). The maximum Gasteiger partial charge on any atom is 0.326 e. The molecule has 2 aromatic heterocycles. The molecule has 0 aliphatic heterocycles. The summed E-state index contributed by atoms with van der Waals surface area (Å²) in [6.45, 7) is 6.03. The highest BCUT2D eigenvalue weighted by Crippen LogP contribution is 2.23. The first-order valence-electron chi connectivity index (χ1n) is 12.6. The van der Waals surface area contributed by atoms with E-state index in [1.165, 1.54) is 0 Å². The minimum atomic E-state index is -1.09. The molecule has 0 spiro atoms. The summed E-state index contributed by atoms with van der Waals surface area (Å²) in [5, 5.41) is 15.6. The average molecular weight is 524 g/mol. The number of para-hydroxylation sites is 2. The minimum Gasteiger partial charge on any atom is -0.480 e. The van der Waals surface area contributed by atoms with Crippen LogP contribution in [0.1, 0.15) is 38.5 Å². The summed E-state index contributed by atoms with van der Waals surface area (Å²) < 4.78 is 5.89. The third-order valence-electron chi connectivity index (χ3n) is 6.54. The van der Waals surface area contributed by atoms with Gasteiger partial charge in [-0.05, 0) is 49.6 Å². The standard InChI is InChI=1S/C30H29N5O4/c1-17-12-18(2)27(19(3)13-17)28(36)33-24(29(37)38)14-20-8-10-21(11-9-20)25-15-31-26(39-25)16-32-30-34-22-6-4-5-7-23(22)35-30/h4-13,15,24H,14,16H2,1-3H3,(H,33,36)(H,37,38)(H2,32,34,35). The molecule has 2 heterocycles. The van der Waals surface area contributed by atoms with Crippen molar-refractivity contribution in [2.24, 2.45) is 0 Å². The Balaban J connectivity index is 1.22. The molecule has 5 aromatic rings. The third kappa shape index (κ3) is 5.82. The first-order valence-corrected chi connectivity index (χ1v) is 12.6. The lowest BCUT2D eigenvalue weighted by Gasteiger charge is -2.17. The number of benzene rings is 3. The number of anilines is 1. The Morgan fingerprint density at radius 3 is 2.44 bits per heavy atom. The second-order valence-corrected chi connectivity index (χ2v) is 9.61. The highest BCUT2D eigenvalue weighted by atomic mass is 16.4. The van der Waals surface area contributed by atoms with Crippen LogP contribution in [0.15, 0.2) is 71.3 Å². The number of H-pyrrole nitrogens is 1. The molecule has 1 amide bonds. The Labute approximate surface area is 225 Å². The van der Waals surface area contributed by atoms with E-state index in [0.29, 0.717) is 29.7 Å². The van der Waals surface area contributed by atoms with Crippen LogP contribution in [0, 0.1) is 20.8 Å². The van der Waals surface area contributed by atoms with Crippen molar-refractivity contribution >= 4 is 28.9 Å². The number of hydrogen-bond donors (Lipinski definition) is 4. The maximum absolute atomic E-state index is 12.9. The van der Waals surface area contributed by atoms with E-state index in [0.717, 1.165) is 38.9 Å². The molecule has 198 valence electrons. The summed E-state index contributed by atoms with van der Waals surface area (Å²) in [6.07, 6.45) is 1.80. The van der Waals surface area contributed by atoms with E-state index >= 15 is 0 Å². The van der Waals surface area contributed by atoms with Gasteiger partial charge in [-0.3, -0.25) is 4.79 Å². The van der Waals surface area contributed by atoms with Crippen molar-refractivity contribution < 1.29 is 19.1 Å². The molecule has 3 aromatic carbocycles. The smallest absolute Gasteiger partial charge is 0.326 e. The van der Waals surface area contributed by atoms with Crippen molar-refractivity contribution in [3.63, 3.8) is 0 Å². The quantitative estimate of drug-likeness (QED) is 0.209. The van der Waals surface area contributed by atoms with Crippen LogP contribution in [0.25, 0.3) is 22.4 Å². The zero-order chi connectivity index (χ0) is 27.5. The Morgan fingerprint density at radius 1 is 1.03 bits per heavy atom. The van der Waals surface area contributed by atoms with E-state index in [9.17, 15) is 14.7 Å². The molecule has 0 radical (unpaired) electrons. The van der Waals surface area contributed by atoms with Crippen LogP contribution in [0.4, 0.5) is 5.95 Å². The molecule has 1 atom stereocenters. The third-order valence-corrected chi connectivity index (χ3v) is 6.54. The van der Waals surface area contributed by atoms with Gasteiger partial charge < -0.3 is 25.1 Å². The van der Waals surface area contributed by atoms with E-state index in [4.69, 9.17) is 4.42 Å². The van der Waals surface area contributed by atoms with Gasteiger partial charge in [0.15, 0.2) is 5.76 Å². The van der Waals surface area contributed by atoms with Crippen LogP contribution >= 0.6 is 0 Å². The molecule has 0 fully saturated rings. The van der Waals surface area contributed by atoms with E-state index in [-0.39, 0.29) is 12.3 Å². The van der Waals surface area contributed by atoms with Gasteiger partial charge in [-0.25, -0.2) is 14.8 Å². The van der Waals surface area contributed by atoms with Crippen LogP contribution in [0.2, 0.25) is 0 Å². The van der Waals surface area contributed by atoms with Crippen molar-refractivity contribution in [2.45, 2.75) is 39.8 Å². The number of carbonyl (C=O) groups is 2. The second-order valence-electron chi connectivity index (χ2n) is 9.61. The summed E-state index contributed by atoms with van der Waals surface area (Å²) in [7, 11) is 0. The zero-order valence-corrected chi connectivity index (χ0v) is 21.9. The SMILES string of the molecule is Cc1cc(C)c(C(=O)NC(Cc2ccc(-c3cnc(CNc4nc5ccccc5[nH]4)o3)cc2)C(=O)O)c(C)c1. The molecule has 1 unspecified atom stereocenters. The topological polar surface area (TPSA) is 133 Å². The molecular formula is C30H29N5O4. The monoisotopic (exact) mass is 523 g/mol. The molecule has 0 saturated heterocycles. The maximum atomic E-state index is 12.9. The zero-order valence-electron chi connectivity index (χ0n) is 21.9. The van der Waals surface area contributed by atoms with Gasteiger partial charge >= 0.3 is 5.97 Å². The summed E-state index contributed by atoms with van der Waals surface area (Å²) in [6, 6.07) is 17.9. The van der Waals surface area contributed by atoms with Gasteiger partial charge in [-0.1, -0.05) is 54.1 Å². The summed E-state index contributed by atoms with van der Waals surface area (Å²) in [5.41, 5.74) is 6.60. The molecule has 39 heavy (non-hydrogen) atoms. The number of hydrogen-bond acceptors (Lipinski definition) is 6. The van der Waals surface area contributed by atoms with Crippen LogP contribution in [-0.2, 0) is 17.8 Å². The number of nitrogens with zero attached hydrogens (tertiary/aromatic N) is 2. The van der Waals surface area contributed by atoms with Gasteiger partial charge in [0, 0.05) is 17.5 Å². The second kappa shape index (κ2) is 10.8. The summed E-state index contributed by atoms with van der Waals surface area (Å²) in [5.74, 6) is 0.250. The van der Waals surface area contributed by atoms with Gasteiger partial charge in [-0.2, -0.15) is 0 Å². The number of fused-ring (bicyclic) bond motifs is 1. The number of aromatic nitrogens is 3. The van der Waals surface area contributed by atoms with Gasteiger partial charge in [0.1, 0.15) is 6.04 Å². The van der Waals surface area contributed by atoms with Gasteiger partial charge in [0.05, 0.1) is 23.8 Å². The van der Waals surface area contributed by atoms with Crippen LogP contribution < -0.4 is 10.6 Å². The first-order chi connectivity index (χ1) is 18.8. The number of imidazole rings is 1. The molecular weight excluding hydrogens is 494 g/mol. The number of carboxylic acid groups (broad SMARTS) is 1. The van der Waals surface area contributed by atoms with E-state index in [1.807, 2.05) is 81.4 Å². The Kier molecular flexibility index (Phi) is 7.14. The number of nitrogens with one attached hydrogen (secondary N) is 3. The van der Waals surface area contributed by atoms with Crippen molar-refractivity contribution in [1.82, 2.24) is 20.3 Å². The lowest BCUT2D eigenvalue weighted by Crippen LogP contribution is -2.42. The molecule has 0 saturated carbocycles. The van der Waals surface area contributed by atoms with E-state index in [1.54, 1.807) is 6.20 Å². The average Bonchev–Trinajstić information content (AvgIpc) is 3.54. The Hall–Kier alpha value is -4.92. The highest BCUT2D eigenvalue weighted by Gasteiger charge is 2.23. The number of aromatic amines is 1. The number of carboxylic acids is 1. The highest BCUT2D eigenvalue weighted by molar-refractivity contribution is 5.99. The first kappa shape index (κ1) is 25.7. The number of oxazole rings is 1. The molecule has 0 aliphatic rings. The van der Waals surface area contributed by atoms with Crippen LogP contribution in [0.5, 0.6) is 0 Å². The number of rotatable bonds is 9. The van der Waals surface area contributed by atoms with Crippen molar-refractivity contribution in [3.8, 4) is 11.3 Å². The molecule has 0 aliphatic carbocycles. The minimum absolute atomic E-state index is 0.147. The fourth-order valence-corrected chi connectivity index (χ4v) is 4.73. The lowest BCUT2D eigenvalue weighted by atomic mass is 9.98. The van der Waals surface area contributed by atoms with E-state index in [2.05, 4.69) is 25.6 Å². The van der Waals surface area contributed by atoms with Crippen LogP contribution in [0.3, 0.4) is 0 Å². The van der Waals surface area contributed by atoms with Gasteiger partial charge in [0.25, 0.3) is 5.91 Å². The number of carbonyl (C=O) groups excluding carboxylic acids is 1. The number of aryl methyl sites for hydroxylation is 3. The molecule has 4 N–H and O–H groups in total. The number of aliphatic carboxylic acids is 1. The predicted molar refractivity (Wildman–Crippen MR) is 149 cm³/mol. The fourth-order valence-electron chi connectivity index (χ4n) is 4.73. The normalized spacial score (nSPS) is 11.9. The van der Waals surface area contributed by atoms with Gasteiger partial charge in [-0.15, -0.1) is 0 Å². The Bertz CT molecular complexity index is 1600. The largest absolute Gasteiger partial charge is 0.480 e. The van der Waals surface area contributed by atoms with Crippen molar-refractivity contribution in [3.05, 3.63) is 101 Å². The molecule has 9 nitrogen and oxygen atoms in total. The molecule has 9 heteroatoms. The summed E-state index contributed by atoms with van der Waals surface area (Å²) in [4.78, 5) is 36.9. The van der Waals surface area contributed by atoms with Crippen molar-refractivity contribution in [2.75, 3.05) is 5.32 Å². The fraction of sp³-hybridized carbons (Fsp3) is 0.200. The van der Waals surface area contributed by atoms with Crippen LogP contribution in [-0.4, -0.2) is 38.0 Å². The summed E-state index contributed by atoms with van der Waals surface area (Å²) >= 11 is 0. The predicted octanol–water partition coefficient (Wildman–Crippen LogP) is 5.18.